The largest absolute Gasteiger partial charge is 0.393 e. The molecule has 0 aliphatic rings. The van der Waals surface area contributed by atoms with Crippen LogP contribution >= 0.6 is 0 Å². The lowest BCUT2D eigenvalue weighted by Gasteiger charge is -2.33. The minimum atomic E-state index is -5.11. The van der Waals surface area contributed by atoms with Crippen LogP contribution in [0, 0.1) is 11.8 Å². The Morgan fingerprint density at radius 2 is 1.23 bits per heavy atom. The van der Waals surface area contributed by atoms with E-state index in [-0.39, 0.29) is 26.2 Å². The molecule has 10 heteroatoms. The van der Waals surface area contributed by atoms with Gasteiger partial charge < -0.3 is 9.80 Å². The van der Waals surface area contributed by atoms with Crippen molar-refractivity contribution in [2.75, 3.05) is 26.2 Å². The van der Waals surface area contributed by atoms with E-state index < -0.39 is 48.8 Å². The molecule has 0 saturated heterocycles. The number of hydrogen-bond acceptors (Lipinski definition) is 2. The van der Waals surface area contributed by atoms with Crippen LogP contribution in [0.1, 0.15) is 40.5 Å². The molecule has 0 aliphatic heterocycles. The van der Waals surface area contributed by atoms with E-state index in [9.17, 15) is 35.9 Å². The first-order valence-electron chi connectivity index (χ1n) is 8.52. The summed E-state index contributed by atoms with van der Waals surface area (Å²) in [5, 5.41) is 0. The zero-order valence-corrected chi connectivity index (χ0v) is 15.4. The average molecular weight is 392 g/mol. The molecule has 4 nitrogen and oxygen atoms in total. The number of carbonyl (C=O) groups excluding carboxylic acids is 2. The average Bonchev–Trinajstić information content (AvgIpc) is 2.50. The summed E-state index contributed by atoms with van der Waals surface area (Å²) in [4.78, 5) is 26.5. The van der Waals surface area contributed by atoms with Crippen molar-refractivity contribution in [3.63, 3.8) is 0 Å². The monoisotopic (exact) mass is 392 g/mol. The fourth-order valence-electron chi connectivity index (χ4n) is 2.80. The molecular weight excluding hydrogens is 366 g/mol. The van der Waals surface area contributed by atoms with E-state index >= 15 is 0 Å². The molecule has 0 aromatic carbocycles. The van der Waals surface area contributed by atoms with E-state index in [4.69, 9.17) is 0 Å². The van der Waals surface area contributed by atoms with Gasteiger partial charge in [-0.05, 0) is 27.7 Å². The van der Waals surface area contributed by atoms with Crippen molar-refractivity contribution in [1.29, 1.82) is 0 Å². The van der Waals surface area contributed by atoms with Crippen LogP contribution < -0.4 is 0 Å². The molecule has 0 bridgehead atoms. The van der Waals surface area contributed by atoms with Crippen molar-refractivity contribution >= 4 is 11.8 Å². The summed E-state index contributed by atoms with van der Waals surface area (Å²) in [6, 6.07) is 0. The highest BCUT2D eigenvalue weighted by atomic mass is 19.4. The molecule has 0 rings (SSSR count). The molecule has 0 fully saturated rings. The van der Waals surface area contributed by atoms with E-state index in [1.807, 2.05) is 0 Å². The van der Waals surface area contributed by atoms with Crippen molar-refractivity contribution in [3.8, 4) is 0 Å². The number of alkyl halides is 6. The van der Waals surface area contributed by atoms with Crippen molar-refractivity contribution in [2.45, 2.75) is 52.9 Å². The highest BCUT2D eigenvalue weighted by molar-refractivity contribution is 5.81. The van der Waals surface area contributed by atoms with Gasteiger partial charge in [-0.2, -0.15) is 26.3 Å². The van der Waals surface area contributed by atoms with Gasteiger partial charge in [-0.1, -0.05) is 0 Å². The maximum Gasteiger partial charge on any atom is 0.393 e. The minimum Gasteiger partial charge on any atom is -0.343 e. The van der Waals surface area contributed by atoms with Crippen LogP contribution in [0.15, 0.2) is 0 Å². The molecule has 0 aromatic rings. The van der Waals surface area contributed by atoms with Gasteiger partial charge >= 0.3 is 12.4 Å². The molecule has 0 aromatic heterocycles. The standard InChI is InChI=1S/C16H26F6N2O2/c1-5-23(6-2)13(25)9-12(16(20,21)22)11(10-15(17,18)19)14(26)24(7-3)8-4/h11-12H,5-10H2,1-4H3/t11-,12-/m1/s1. The normalized spacial score (nSPS) is 14.7. The van der Waals surface area contributed by atoms with Crippen LogP contribution in [0.4, 0.5) is 26.3 Å². The summed E-state index contributed by atoms with van der Waals surface area (Å²) in [5.74, 6) is -7.22. The Kier molecular flexibility index (Phi) is 9.44. The van der Waals surface area contributed by atoms with Gasteiger partial charge in [-0.3, -0.25) is 9.59 Å². The van der Waals surface area contributed by atoms with Crippen molar-refractivity contribution in [2.24, 2.45) is 11.8 Å². The van der Waals surface area contributed by atoms with Crippen LogP contribution in [0.5, 0.6) is 0 Å². The first kappa shape index (κ1) is 24.5. The highest BCUT2D eigenvalue weighted by Gasteiger charge is 2.52. The number of nitrogens with zero attached hydrogens (tertiary/aromatic N) is 2. The fraction of sp³-hybridized carbons (Fsp3) is 0.875. The second-order valence-electron chi connectivity index (χ2n) is 5.85. The number of hydrogen-bond donors (Lipinski definition) is 0. The van der Waals surface area contributed by atoms with Crippen molar-refractivity contribution in [3.05, 3.63) is 0 Å². The maximum atomic E-state index is 13.5. The molecule has 0 radical (unpaired) electrons. The molecular formula is C16H26F6N2O2. The summed E-state index contributed by atoms with van der Waals surface area (Å²) in [7, 11) is 0. The van der Waals surface area contributed by atoms with Gasteiger partial charge in [0, 0.05) is 32.6 Å². The fourth-order valence-corrected chi connectivity index (χ4v) is 2.80. The van der Waals surface area contributed by atoms with Crippen molar-refractivity contribution < 1.29 is 35.9 Å². The lowest BCUT2D eigenvalue weighted by Crippen LogP contribution is -2.47. The molecule has 0 aliphatic carbocycles. The predicted octanol–water partition coefficient (Wildman–Crippen LogP) is 3.86. The molecule has 0 N–H and O–H groups in total. The third-order valence-corrected chi connectivity index (χ3v) is 4.26. The quantitative estimate of drug-likeness (QED) is 0.559. The van der Waals surface area contributed by atoms with Gasteiger partial charge in [-0.15, -0.1) is 0 Å². The summed E-state index contributed by atoms with van der Waals surface area (Å²) in [5.41, 5.74) is 0. The van der Waals surface area contributed by atoms with Gasteiger partial charge in [0.05, 0.1) is 18.3 Å². The van der Waals surface area contributed by atoms with Gasteiger partial charge in [0.2, 0.25) is 11.8 Å². The Morgan fingerprint density at radius 3 is 1.54 bits per heavy atom. The Hall–Kier alpha value is -1.48. The van der Waals surface area contributed by atoms with Crippen LogP contribution in [-0.2, 0) is 9.59 Å². The SMILES string of the molecule is CCN(CC)C(=O)C[C@H]([C@@H](CC(F)(F)F)C(=O)N(CC)CC)C(F)(F)F. The molecule has 0 saturated carbocycles. The summed E-state index contributed by atoms with van der Waals surface area (Å²) in [6.45, 7) is 6.28. The third-order valence-electron chi connectivity index (χ3n) is 4.26. The van der Waals surface area contributed by atoms with Gasteiger partial charge in [-0.25, -0.2) is 0 Å². The molecule has 2 amide bonds. The lowest BCUT2D eigenvalue weighted by atomic mass is 9.84. The van der Waals surface area contributed by atoms with E-state index in [1.54, 1.807) is 13.8 Å². The van der Waals surface area contributed by atoms with Gasteiger partial charge in [0.1, 0.15) is 0 Å². The minimum absolute atomic E-state index is 0.0156. The number of carbonyl (C=O) groups is 2. The smallest absolute Gasteiger partial charge is 0.343 e. The third kappa shape index (κ3) is 7.41. The first-order valence-corrected chi connectivity index (χ1v) is 8.52. The summed E-state index contributed by atoms with van der Waals surface area (Å²) in [6.07, 6.45) is -13.2. The Labute approximate surface area is 149 Å². The summed E-state index contributed by atoms with van der Waals surface area (Å²) >= 11 is 0. The number of amides is 2. The zero-order chi connectivity index (χ0) is 20.7. The zero-order valence-electron chi connectivity index (χ0n) is 15.4. The first-order chi connectivity index (χ1) is 11.8. The molecule has 2 atom stereocenters. The van der Waals surface area contributed by atoms with E-state index in [1.165, 1.54) is 13.8 Å². The van der Waals surface area contributed by atoms with Crippen LogP contribution in [0.3, 0.4) is 0 Å². The topological polar surface area (TPSA) is 40.6 Å². The van der Waals surface area contributed by atoms with Crippen molar-refractivity contribution in [1.82, 2.24) is 9.80 Å². The van der Waals surface area contributed by atoms with Gasteiger partial charge in [0.15, 0.2) is 0 Å². The molecule has 0 spiro atoms. The lowest BCUT2D eigenvalue weighted by molar-refractivity contribution is -0.214. The van der Waals surface area contributed by atoms with Crippen LogP contribution in [0.25, 0.3) is 0 Å². The second kappa shape index (κ2) is 10.0. The predicted molar refractivity (Wildman–Crippen MR) is 84.2 cm³/mol. The Morgan fingerprint density at radius 1 is 0.808 bits per heavy atom. The molecule has 26 heavy (non-hydrogen) atoms. The second-order valence-corrected chi connectivity index (χ2v) is 5.85. The van der Waals surface area contributed by atoms with Crippen LogP contribution in [-0.4, -0.2) is 60.1 Å². The maximum absolute atomic E-state index is 13.5. The Balaban J connectivity index is 5.88. The molecule has 154 valence electrons. The number of rotatable bonds is 9. The van der Waals surface area contributed by atoms with Crippen LogP contribution in [0.2, 0.25) is 0 Å². The number of halogens is 6. The van der Waals surface area contributed by atoms with E-state index in [0.29, 0.717) is 0 Å². The highest BCUT2D eigenvalue weighted by Crippen LogP contribution is 2.41. The summed E-state index contributed by atoms with van der Waals surface area (Å²) < 4.78 is 79.1. The van der Waals surface area contributed by atoms with Gasteiger partial charge in [0.25, 0.3) is 0 Å². The molecule has 0 heterocycles. The van der Waals surface area contributed by atoms with E-state index in [2.05, 4.69) is 0 Å². The molecule has 0 unspecified atom stereocenters. The van der Waals surface area contributed by atoms with E-state index in [0.717, 1.165) is 9.80 Å². The Bertz CT molecular complexity index is 457.